The molecular formula is C11H11ClN2O3. The molecule has 17 heavy (non-hydrogen) atoms. The molecule has 0 aliphatic heterocycles. The largest absolute Gasteiger partial charge is 0.486 e. The zero-order valence-electron chi connectivity index (χ0n) is 9.22. The lowest BCUT2D eigenvalue weighted by atomic mass is 10.2. The summed E-state index contributed by atoms with van der Waals surface area (Å²) in [7, 11) is 0. The van der Waals surface area contributed by atoms with Crippen molar-refractivity contribution >= 4 is 17.3 Å². The molecule has 1 rings (SSSR count). The van der Waals surface area contributed by atoms with Gasteiger partial charge in [0.15, 0.2) is 5.75 Å². The van der Waals surface area contributed by atoms with Crippen LogP contribution < -0.4 is 4.74 Å². The van der Waals surface area contributed by atoms with Crippen LogP contribution in [0.1, 0.15) is 12.5 Å². The summed E-state index contributed by atoms with van der Waals surface area (Å²) in [5.74, 6) is 0.683. The van der Waals surface area contributed by atoms with Crippen LogP contribution in [0.5, 0.6) is 5.75 Å². The number of ether oxygens (including phenoxy) is 1. The number of alkyl halides is 1. The predicted molar refractivity (Wildman–Crippen MR) is 63.2 cm³/mol. The number of nitro groups is 1. The molecule has 0 saturated heterocycles. The normalized spacial score (nSPS) is 11.6. The summed E-state index contributed by atoms with van der Waals surface area (Å²) < 4.78 is 5.32. The third-order valence-corrected chi connectivity index (χ3v) is 2.60. The van der Waals surface area contributed by atoms with Gasteiger partial charge in [0.25, 0.3) is 0 Å². The minimum atomic E-state index is -0.568. The number of rotatable bonds is 5. The molecule has 0 aliphatic rings. The van der Waals surface area contributed by atoms with Crippen LogP contribution in [0.2, 0.25) is 0 Å². The molecule has 1 aromatic rings. The second-order valence-corrected chi connectivity index (χ2v) is 3.93. The van der Waals surface area contributed by atoms with Gasteiger partial charge in [-0.15, -0.1) is 11.6 Å². The Balaban J connectivity index is 2.92. The van der Waals surface area contributed by atoms with E-state index in [-0.39, 0.29) is 22.9 Å². The smallest absolute Gasteiger partial charge is 0.312 e. The van der Waals surface area contributed by atoms with Crippen LogP contribution in [0.15, 0.2) is 18.2 Å². The van der Waals surface area contributed by atoms with Gasteiger partial charge < -0.3 is 4.74 Å². The minimum Gasteiger partial charge on any atom is -0.486 e. The van der Waals surface area contributed by atoms with Gasteiger partial charge in [-0.25, -0.2) is 0 Å². The Morgan fingerprint density at radius 1 is 1.65 bits per heavy atom. The first-order chi connectivity index (χ1) is 8.08. The van der Waals surface area contributed by atoms with E-state index in [0.29, 0.717) is 12.5 Å². The van der Waals surface area contributed by atoms with Crippen molar-refractivity contribution in [2.75, 3.05) is 12.5 Å². The maximum absolute atomic E-state index is 10.8. The third kappa shape index (κ3) is 3.61. The quantitative estimate of drug-likeness (QED) is 0.460. The Morgan fingerprint density at radius 3 is 2.88 bits per heavy atom. The number of nitrogens with zero attached hydrogens (tertiary/aromatic N) is 2. The number of hydrogen-bond donors (Lipinski definition) is 0. The van der Waals surface area contributed by atoms with Crippen LogP contribution in [-0.4, -0.2) is 17.4 Å². The number of nitro benzene ring substituents is 1. The lowest BCUT2D eigenvalue weighted by Gasteiger charge is -2.10. The van der Waals surface area contributed by atoms with E-state index >= 15 is 0 Å². The molecule has 0 radical (unpaired) electrons. The molecule has 0 N–H and O–H groups in total. The highest BCUT2D eigenvalue weighted by molar-refractivity contribution is 6.18. The molecule has 1 aromatic carbocycles. The first-order valence-corrected chi connectivity index (χ1v) is 5.49. The molecule has 0 spiro atoms. The van der Waals surface area contributed by atoms with E-state index in [1.54, 1.807) is 0 Å². The third-order valence-electron chi connectivity index (χ3n) is 2.07. The van der Waals surface area contributed by atoms with Crippen LogP contribution in [0.3, 0.4) is 0 Å². The summed E-state index contributed by atoms with van der Waals surface area (Å²) in [6.45, 7) is 2.18. The number of hydrogen-bond acceptors (Lipinski definition) is 4. The van der Waals surface area contributed by atoms with Crippen LogP contribution in [0, 0.1) is 27.4 Å². The minimum absolute atomic E-state index is 0.104. The van der Waals surface area contributed by atoms with Crippen molar-refractivity contribution in [1.82, 2.24) is 0 Å². The molecular weight excluding hydrogens is 244 g/mol. The van der Waals surface area contributed by atoms with Crippen molar-refractivity contribution in [1.29, 1.82) is 5.26 Å². The summed E-state index contributed by atoms with van der Waals surface area (Å²) in [5, 5.41) is 19.5. The van der Waals surface area contributed by atoms with Gasteiger partial charge in [0.2, 0.25) is 0 Å². The molecule has 0 fully saturated rings. The first kappa shape index (κ1) is 13.3. The van der Waals surface area contributed by atoms with Gasteiger partial charge in [0.05, 0.1) is 23.2 Å². The second kappa shape index (κ2) is 6.06. The van der Waals surface area contributed by atoms with E-state index in [0.717, 1.165) is 0 Å². The van der Waals surface area contributed by atoms with Crippen LogP contribution >= 0.6 is 11.6 Å². The number of nitriles is 1. The van der Waals surface area contributed by atoms with Gasteiger partial charge in [0, 0.05) is 17.9 Å². The van der Waals surface area contributed by atoms with E-state index in [9.17, 15) is 10.1 Å². The summed E-state index contributed by atoms with van der Waals surface area (Å²) >= 11 is 5.61. The van der Waals surface area contributed by atoms with Gasteiger partial charge in [-0.05, 0) is 12.1 Å². The maximum Gasteiger partial charge on any atom is 0.312 e. The first-order valence-electron chi connectivity index (χ1n) is 4.95. The lowest BCUT2D eigenvalue weighted by Crippen LogP contribution is -2.10. The van der Waals surface area contributed by atoms with E-state index in [4.69, 9.17) is 21.6 Å². The number of halogens is 1. The molecule has 1 atom stereocenters. The van der Waals surface area contributed by atoms with Gasteiger partial charge in [-0.3, -0.25) is 10.1 Å². The zero-order chi connectivity index (χ0) is 12.8. The van der Waals surface area contributed by atoms with E-state index in [1.165, 1.54) is 18.2 Å². The van der Waals surface area contributed by atoms with Crippen molar-refractivity contribution in [2.45, 2.75) is 6.92 Å². The van der Waals surface area contributed by atoms with Gasteiger partial charge in [-0.2, -0.15) is 5.26 Å². The average molecular weight is 255 g/mol. The summed E-state index contributed by atoms with van der Waals surface area (Å²) in [5.41, 5.74) is 0.0280. The molecule has 0 aliphatic carbocycles. The zero-order valence-corrected chi connectivity index (χ0v) is 9.98. The molecule has 0 amide bonds. The highest BCUT2D eigenvalue weighted by Gasteiger charge is 2.16. The molecule has 1 unspecified atom stereocenters. The average Bonchev–Trinajstić information content (AvgIpc) is 2.35. The summed E-state index contributed by atoms with van der Waals surface area (Å²) in [6, 6.07) is 5.95. The van der Waals surface area contributed by atoms with Crippen molar-refractivity contribution in [3.05, 3.63) is 33.9 Å². The molecule has 6 heteroatoms. The maximum atomic E-state index is 10.8. The highest BCUT2D eigenvalue weighted by atomic mass is 35.5. The standard InChI is InChI=1S/C11H11ClN2O3/c1-8(5-12)7-17-11-3-2-9(6-13)4-10(11)14(15)16/h2-4,8H,5,7H2,1H3. The second-order valence-electron chi connectivity index (χ2n) is 3.62. The SMILES string of the molecule is CC(CCl)COc1ccc(C#N)cc1[N+](=O)[O-]. The molecule has 90 valence electrons. The lowest BCUT2D eigenvalue weighted by molar-refractivity contribution is -0.385. The number of benzene rings is 1. The topological polar surface area (TPSA) is 76.2 Å². The van der Waals surface area contributed by atoms with Crippen LogP contribution in [0.4, 0.5) is 5.69 Å². The molecule has 0 saturated carbocycles. The monoisotopic (exact) mass is 254 g/mol. The van der Waals surface area contributed by atoms with Crippen molar-refractivity contribution in [3.63, 3.8) is 0 Å². The Hall–Kier alpha value is -1.80. The van der Waals surface area contributed by atoms with E-state index < -0.39 is 4.92 Å². The van der Waals surface area contributed by atoms with Crippen molar-refractivity contribution in [3.8, 4) is 11.8 Å². The predicted octanol–water partition coefficient (Wildman–Crippen LogP) is 2.72. The Morgan fingerprint density at radius 2 is 2.35 bits per heavy atom. The fourth-order valence-corrected chi connectivity index (χ4v) is 1.22. The Labute approximate surface area is 104 Å². The van der Waals surface area contributed by atoms with Gasteiger partial charge in [-0.1, -0.05) is 6.92 Å². The fraction of sp³-hybridized carbons (Fsp3) is 0.364. The molecule has 0 aromatic heterocycles. The Kier molecular flexibility index (Phi) is 4.73. The molecule has 0 heterocycles. The molecule has 5 nitrogen and oxygen atoms in total. The van der Waals surface area contributed by atoms with Crippen LogP contribution in [-0.2, 0) is 0 Å². The van der Waals surface area contributed by atoms with Gasteiger partial charge >= 0.3 is 5.69 Å². The highest BCUT2D eigenvalue weighted by Crippen LogP contribution is 2.28. The van der Waals surface area contributed by atoms with Crippen molar-refractivity contribution < 1.29 is 9.66 Å². The molecule has 0 bridgehead atoms. The summed E-state index contributed by atoms with van der Waals surface area (Å²) in [6.07, 6.45) is 0. The fourth-order valence-electron chi connectivity index (χ4n) is 1.13. The van der Waals surface area contributed by atoms with Crippen LogP contribution in [0.25, 0.3) is 0 Å². The Bertz CT molecular complexity index is 457. The van der Waals surface area contributed by atoms with Gasteiger partial charge in [0.1, 0.15) is 0 Å². The van der Waals surface area contributed by atoms with E-state index in [2.05, 4.69) is 0 Å². The summed E-state index contributed by atoms with van der Waals surface area (Å²) in [4.78, 5) is 10.2. The van der Waals surface area contributed by atoms with Crippen molar-refractivity contribution in [2.24, 2.45) is 5.92 Å². The van der Waals surface area contributed by atoms with E-state index in [1.807, 2.05) is 13.0 Å².